The summed E-state index contributed by atoms with van der Waals surface area (Å²) in [6.45, 7) is 6.69. The average molecular weight is 480 g/mol. The first kappa shape index (κ1) is 23.9. The minimum atomic E-state index is -0.0411. The minimum absolute atomic E-state index is 0.0411. The van der Waals surface area contributed by atoms with Crippen LogP contribution in [0, 0.1) is 28.6 Å². The number of nitrogens with two attached hydrogens (primary N) is 1. The van der Waals surface area contributed by atoms with Crippen LogP contribution in [0.4, 0.5) is 5.82 Å². The molecule has 0 radical (unpaired) electrons. The number of nitrogen functional groups attached to an aromatic ring is 1. The van der Waals surface area contributed by atoms with E-state index in [1.54, 1.807) is 0 Å². The van der Waals surface area contributed by atoms with E-state index in [2.05, 4.69) is 33.8 Å². The molecule has 3 saturated carbocycles. The Morgan fingerprint density at radius 3 is 2.71 bits per heavy atom. The van der Waals surface area contributed by atoms with Gasteiger partial charge < -0.3 is 15.5 Å². The summed E-state index contributed by atoms with van der Waals surface area (Å²) in [5.41, 5.74) is 8.60. The van der Waals surface area contributed by atoms with E-state index in [1.807, 2.05) is 13.0 Å². The number of fused-ring (bicyclic) bond motifs is 6. The van der Waals surface area contributed by atoms with Crippen molar-refractivity contribution >= 4 is 28.7 Å². The molecule has 188 valence electrons. The summed E-state index contributed by atoms with van der Waals surface area (Å²) < 4.78 is 5.86. The van der Waals surface area contributed by atoms with Gasteiger partial charge in [0.1, 0.15) is 17.9 Å². The summed E-state index contributed by atoms with van der Waals surface area (Å²) in [7, 11) is 0. The lowest BCUT2D eigenvalue weighted by atomic mass is 9.47. The summed E-state index contributed by atoms with van der Waals surface area (Å²) in [6.07, 6.45) is 14.2. The molecule has 0 aliphatic heterocycles. The molecular formula is C27H37N5O3. The predicted octanol–water partition coefficient (Wildman–Crippen LogP) is 4.78. The van der Waals surface area contributed by atoms with Gasteiger partial charge in [-0.25, -0.2) is 15.0 Å². The number of carbonyl (C=O) groups is 2. The number of allylic oxidation sites excluding steroid dienone is 1. The van der Waals surface area contributed by atoms with Crippen molar-refractivity contribution in [3.8, 4) is 0 Å². The van der Waals surface area contributed by atoms with Gasteiger partial charge in [-0.05, 0) is 74.2 Å². The van der Waals surface area contributed by atoms with Crippen LogP contribution in [0.1, 0.15) is 78.6 Å². The second-order valence-electron chi connectivity index (χ2n) is 11.3. The normalized spacial score (nSPS) is 35.7. The van der Waals surface area contributed by atoms with Crippen LogP contribution in [-0.4, -0.2) is 37.8 Å². The molecule has 4 aliphatic carbocycles. The van der Waals surface area contributed by atoms with E-state index in [0.717, 1.165) is 38.0 Å². The number of anilines is 1. The molecule has 8 nitrogen and oxygen atoms in total. The summed E-state index contributed by atoms with van der Waals surface area (Å²) in [6, 6.07) is 0. The first-order valence-corrected chi connectivity index (χ1v) is 13.1. The molecule has 3 fully saturated rings. The van der Waals surface area contributed by atoms with Crippen molar-refractivity contribution in [2.75, 3.05) is 5.73 Å². The third-order valence-electron chi connectivity index (χ3n) is 9.69. The zero-order valence-electron chi connectivity index (χ0n) is 21.0. The van der Waals surface area contributed by atoms with E-state index in [4.69, 9.17) is 10.5 Å². The maximum atomic E-state index is 11.9. The van der Waals surface area contributed by atoms with Gasteiger partial charge in [-0.1, -0.05) is 26.3 Å². The van der Waals surface area contributed by atoms with Crippen LogP contribution in [0.2, 0.25) is 0 Å². The van der Waals surface area contributed by atoms with Gasteiger partial charge in [0.25, 0.3) is 0 Å². The fourth-order valence-corrected chi connectivity index (χ4v) is 7.73. The van der Waals surface area contributed by atoms with Gasteiger partial charge in [0, 0.05) is 18.3 Å². The number of esters is 1. The molecule has 4 aliphatic rings. The summed E-state index contributed by atoms with van der Waals surface area (Å²) in [5, 5.41) is 0. The predicted molar refractivity (Wildman–Crippen MR) is 133 cm³/mol. The summed E-state index contributed by atoms with van der Waals surface area (Å²) in [5.74, 6) is 2.85. The molecule has 8 heteroatoms. The van der Waals surface area contributed by atoms with Crippen LogP contribution in [0.5, 0.6) is 0 Å². The van der Waals surface area contributed by atoms with Crippen molar-refractivity contribution in [2.24, 2.45) is 28.6 Å². The Balaban J connectivity index is 0.000000211. The first-order valence-electron chi connectivity index (χ1n) is 13.1. The number of aromatic amines is 1. The van der Waals surface area contributed by atoms with Crippen LogP contribution in [0.25, 0.3) is 11.2 Å². The molecule has 0 bridgehead atoms. The molecule has 35 heavy (non-hydrogen) atoms. The van der Waals surface area contributed by atoms with Gasteiger partial charge in [-0.3, -0.25) is 9.59 Å². The van der Waals surface area contributed by atoms with Crippen molar-refractivity contribution in [1.29, 1.82) is 0 Å². The van der Waals surface area contributed by atoms with E-state index < -0.39 is 0 Å². The van der Waals surface area contributed by atoms with Crippen LogP contribution >= 0.6 is 0 Å². The zero-order chi connectivity index (χ0) is 24.8. The number of ketones is 1. The molecular weight excluding hydrogens is 442 g/mol. The monoisotopic (exact) mass is 479 g/mol. The Morgan fingerprint density at radius 2 is 1.94 bits per heavy atom. The van der Waals surface area contributed by atoms with Crippen LogP contribution in [-0.2, 0) is 14.3 Å². The number of imidazole rings is 1. The number of aromatic nitrogens is 4. The molecule has 3 N–H and O–H groups in total. The molecule has 6 rings (SSSR count). The number of H-pyrrole nitrogens is 1. The van der Waals surface area contributed by atoms with Crippen LogP contribution in [0.3, 0.4) is 0 Å². The summed E-state index contributed by atoms with van der Waals surface area (Å²) in [4.78, 5) is 38.1. The molecule has 2 aromatic heterocycles. The Labute approximate surface area is 206 Å². The van der Waals surface area contributed by atoms with E-state index in [1.165, 1.54) is 37.5 Å². The number of hydrogen-bond acceptors (Lipinski definition) is 7. The third-order valence-corrected chi connectivity index (χ3v) is 9.69. The van der Waals surface area contributed by atoms with E-state index >= 15 is 0 Å². The van der Waals surface area contributed by atoms with Gasteiger partial charge in [0.15, 0.2) is 17.2 Å². The van der Waals surface area contributed by atoms with Crippen LogP contribution < -0.4 is 5.73 Å². The van der Waals surface area contributed by atoms with Crippen molar-refractivity contribution in [3.05, 3.63) is 24.3 Å². The first-order chi connectivity index (χ1) is 16.8. The third kappa shape index (κ3) is 4.04. The number of nitrogens with one attached hydrogen (secondary N) is 1. The molecule has 6 atom stereocenters. The maximum absolute atomic E-state index is 11.9. The quantitative estimate of drug-likeness (QED) is 0.594. The zero-order valence-corrected chi connectivity index (χ0v) is 21.0. The Morgan fingerprint density at radius 1 is 1.11 bits per heavy atom. The highest BCUT2D eigenvalue weighted by Crippen LogP contribution is 2.65. The van der Waals surface area contributed by atoms with Crippen LogP contribution in [0.15, 0.2) is 24.3 Å². The van der Waals surface area contributed by atoms with Gasteiger partial charge in [0.05, 0.1) is 6.33 Å². The Hall–Kier alpha value is -2.77. The van der Waals surface area contributed by atoms with Gasteiger partial charge in [0.2, 0.25) is 0 Å². The van der Waals surface area contributed by atoms with E-state index in [0.29, 0.717) is 41.0 Å². The maximum Gasteiger partial charge on any atom is 0.305 e. The highest BCUT2D eigenvalue weighted by molar-refractivity contribution is 5.91. The number of ether oxygens (including phenoxy) is 1. The smallest absolute Gasteiger partial charge is 0.305 e. The van der Waals surface area contributed by atoms with Crippen molar-refractivity contribution in [2.45, 2.75) is 84.7 Å². The Kier molecular flexibility index (Phi) is 6.18. The fraction of sp³-hybridized carbons (Fsp3) is 0.667. The minimum Gasteiger partial charge on any atom is -0.462 e. The lowest BCUT2D eigenvalue weighted by Crippen LogP contribution is -2.51. The molecule has 0 saturated heterocycles. The lowest BCUT2D eigenvalue weighted by Gasteiger charge is -2.57. The largest absolute Gasteiger partial charge is 0.462 e. The van der Waals surface area contributed by atoms with Gasteiger partial charge in [-0.2, -0.15) is 0 Å². The van der Waals surface area contributed by atoms with E-state index in [9.17, 15) is 9.59 Å². The highest BCUT2D eigenvalue weighted by atomic mass is 16.5. The van der Waals surface area contributed by atoms with Crippen molar-refractivity contribution in [3.63, 3.8) is 0 Å². The molecule has 0 spiro atoms. The second kappa shape index (κ2) is 9.03. The molecule has 2 heterocycles. The average Bonchev–Trinajstić information content (AvgIpc) is 3.45. The number of rotatable bonds is 2. The molecule has 2 aromatic rings. The SMILES string of the molecule is CCC(=O)OC1CCC2C3CCC4=CC(=O)CCC4(C)C3CCC12C.Nc1ncnc2nc[nH]c12. The van der Waals surface area contributed by atoms with E-state index in [-0.39, 0.29) is 22.9 Å². The fourth-order valence-electron chi connectivity index (χ4n) is 7.73. The number of carbonyl (C=O) groups excluding carboxylic acids is 2. The molecule has 0 amide bonds. The molecule has 6 unspecified atom stereocenters. The summed E-state index contributed by atoms with van der Waals surface area (Å²) >= 11 is 0. The number of hydrogen-bond donors (Lipinski definition) is 2. The van der Waals surface area contributed by atoms with Gasteiger partial charge >= 0.3 is 5.97 Å². The van der Waals surface area contributed by atoms with Crippen molar-refractivity contribution in [1.82, 2.24) is 19.9 Å². The Bertz CT molecular complexity index is 1160. The van der Waals surface area contributed by atoms with Crippen molar-refractivity contribution < 1.29 is 14.3 Å². The topological polar surface area (TPSA) is 124 Å². The highest BCUT2D eigenvalue weighted by Gasteiger charge is 2.59. The van der Waals surface area contributed by atoms with Gasteiger partial charge in [-0.15, -0.1) is 0 Å². The number of nitrogens with zero attached hydrogens (tertiary/aromatic N) is 3. The molecule has 0 aromatic carbocycles. The standard InChI is InChI=1S/C22H32O3.C5H5N5/c1-4-20(24)25-19-8-7-17-16-6-5-14-13-15(23)9-11-21(14,2)18(16)10-12-22(17,19)3;6-4-3-5(9-1-7-3)10-2-8-4/h13,16-19H,4-12H2,1-3H3;1-2H,(H3,6,7,8,9,10). The second-order valence-corrected chi connectivity index (χ2v) is 11.3. The lowest BCUT2D eigenvalue weighted by molar-refractivity contribution is -0.159.